The van der Waals surface area contributed by atoms with E-state index < -0.39 is 0 Å². The van der Waals surface area contributed by atoms with Gasteiger partial charge in [0.05, 0.1) is 4.88 Å². The van der Waals surface area contributed by atoms with Gasteiger partial charge in [0.2, 0.25) is 5.91 Å². The van der Waals surface area contributed by atoms with Crippen molar-refractivity contribution in [2.45, 2.75) is 17.7 Å². The van der Waals surface area contributed by atoms with E-state index in [0.717, 1.165) is 17.1 Å². The van der Waals surface area contributed by atoms with Crippen LogP contribution in [0.3, 0.4) is 0 Å². The molecule has 2 rings (SSSR count). The summed E-state index contributed by atoms with van der Waals surface area (Å²) in [6.45, 7) is 0.915. The number of thiophene rings is 1. The zero-order valence-electron chi connectivity index (χ0n) is 13.1. The van der Waals surface area contributed by atoms with Gasteiger partial charge in [-0.15, -0.1) is 23.1 Å². The van der Waals surface area contributed by atoms with E-state index in [-0.39, 0.29) is 24.1 Å². The van der Waals surface area contributed by atoms with Gasteiger partial charge >= 0.3 is 0 Å². The number of hydrogen-bond acceptors (Lipinski definition) is 4. The van der Waals surface area contributed by atoms with Crippen LogP contribution in [0.15, 0.2) is 46.7 Å². The van der Waals surface area contributed by atoms with Crippen molar-refractivity contribution in [3.8, 4) is 0 Å². The van der Waals surface area contributed by atoms with Gasteiger partial charge in [0, 0.05) is 24.4 Å². The average molecular weight is 366 g/mol. The van der Waals surface area contributed by atoms with E-state index >= 15 is 0 Å². The molecule has 0 aliphatic rings. The molecule has 0 atom stereocenters. The Labute approximate surface area is 148 Å². The first-order valence-corrected chi connectivity index (χ1v) is 9.48. The molecule has 0 aliphatic carbocycles. The van der Waals surface area contributed by atoms with Crippen molar-refractivity contribution in [3.63, 3.8) is 0 Å². The number of halogens is 1. The highest BCUT2D eigenvalue weighted by molar-refractivity contribution is 7.99. The van der Waals surface area contributed by atoms with Crippen LogP contribution in [0.2, 0.25) is 0 Å². The summed E-state index contributed by atoms with van der Waals surface area (Å²) in [7, 11) is 0. The van der Waals surface area contributed by atoms with E-state index in [9.17, 15) is 14.0 Å². The summed E-state index contributed by atoms with van der Waals surface area (Å²) in [6, 6.07) is 9.93. The van der Waals surface area contributed by atoms with Gasteiger partial charge < -0.3 is 10.6 Å². The Hall–Kier alpha value is -1.86. The second kappa shape index (κ2) is 10.1. The van der Waals surface area contributed by atoms with Crippen molar-refractivity contribution in [3.05, 3.63) is 52.5 Å². The van der Waals surface area contributed by atoms with Gasteiger partial charge in [-0.25, -0.2) is 4.39 Å². The van der Waals surface area contributed by atoms with E-state index in [0.29, 0.717) is 18.0 Å². The summed E-state index contributed by atoms with van der Waals surface area (Å²) < 4.78 is 12.8. The fourth-order valence-corrected chi connectivity index (χ4v) is 3.39. The maximum Gasteiger partial charge on any atom is 0.261 e. The standard InChI is InChI=1S/C17H19FN2O2S2/c18-13-4-6-14(7-5-13)23-12-2-9-19-16(21)8-10-20-17(22)15-3-1-11-24-15/h1,3-7,11H,2,8-10,12H2,(H,19,21)(H,20,22). The number of hydrogen-bond donors (Lipinski definition) is 2. The Morgan fingerprint density at radius 1 is 1.08 bits per heavy atom. The number of rotatable bonds is 9. The van der Waals surface area contributed by atoms with E-state index in [1.807, 2.05) is 11.4 Å². The van der Waals surface area contributed by atoms with Gasteiger partial charge in [0.25, 0.3) is 5.91 Å². The second-order valence-electron chi connectivity index (χ2n) is 4.99. The first-order valence-electron chi connectivity index (χ1n) is 7.62. The molecule has 0 spiro atoms. The van der Waals surface area contributed by atoms with Crippen LogP contribution in [0.5, 0.6) is 0 Å². The van der Waals surface area contributed by atoms with Crippen LogP contribution in [0.1, 0.15) is 22.5 Å². The third-order valence-corrected chi connectivity index (χ3v) is 5.08. The smallest absolute Gasteiger partial charge is 0.261 e. The number of carbonyl (C=O) groups is 2. The summed E-state index contributed by atoms with van der Waals surface area (Å²) >= 11 is 3.00. The van der Waals surface area contributed by atoms with Crippen LogP contribution >= 0.6 is 23.1 Å². The van der Waals surface area contributed by atoms with Gasteiger partial charge in [-0.1, -0.05) is 6.07 Å². The van der Waals surface area contributed by atoms with Crippen LogP contribution in [0.4, 0.5) is 4.39 Å². The van der Waals surface area contributed by atoms with Crippen LogP contribution in [0, 0.1) is 5.82 Å². The van der Waals surface area contributed by atoms with Crippen molar-refractivity contribution in [2.75, 3.05) is 18.8 Å². The lowest BCUT2D eigenvalue weighted by Gasteiger charge is -2.06. The molecule has 0 unspecified atom stereocenters. The van der Waals surface area contributed by atoms with Crippen LogP contribution < -0.4 is 10.6 Å². The quantitative estimate of drug-likeness (QED) is 0.529. The maximum atomic E-state index is 12.8. The lowest BCUT2D eigenvalue weighted by Crippen LogP contribution is -2.31. The molecule has 2 aromatic rings. The lowest BCUT2D eigenvalue weighted by atomic mass is 10.3. The molecule has 4 nitrogen and oxygen atoms in total. The zero-order valence-corrected chi connectivity index (χ0v) is 14.7. The van der Waals surface area contributed by atoms with E-state index in [4.69, 9.17) is 0 Å². The second-order valence-corrected chi connectivity index (χ2v) is 7.11. The Balaban J connectivity index is 1.50. The highest BCUT2D eigenvalue weighted by Crippen LogP contribution is 2.18. The summed E-state index contributed by atoms with van der Waals surface area (Å²) in [5, 5.41) is 7.38. The molecule has 7 heteroatoms. The molecule has 128 valence electrons. The highest BCUT2D eigenvalue weighted by Gasteiger charge is 2.06. The largest absolute Gasteiger partial charge is 0.356 e. The molecular formula is C17H19FN2O2S2. The normalized spacial score (nSPS) is 10.4. The first kappa shape index (κ1) is 18.5. The van der Waals surface area contributed by atoms with E-state index in [1.54, 1.807) is 30.0 Å². The molecule has 0 aliphatic heterocycles. The summed E-state index contributed by atoms with van der Waals surface area (Å²) in [5.74, 6) is 0.389. The van der Waals surface area contributed by atoms with Gasteiger partial charge in [-0.2, -0.15) is 0 Å². The molecule has 24 heavy (non-hydrogen) atoms. The average Bonchev–Trinajstić information content (AvgIpc) is 3.11. The molecule has 0 fully saturated rings. The SMILES string of the molecule is O=C(CCNC(=O)c1cccs1)NCCCSc1ccc(F)cc1. The topological polar surface area (TPSA) is 58.2 Å². The van der Waals surface area contributed by atoms with Crippen molar-refractivity contribution in [2.24, 2.45) is 0 Å². The fourth-order valence-electron chi connectivity index (χ4n) is 1.89. The number of thioether (sulfide) groups is 1. The van der Waals surface area contributed by atoms with Crippen molar-refractivity contribution < 1.29 is 14.0 Å². The number of benzene rings is 1. The molecular weight excluding hydrogens is 347 g/mol. The predicted octanol–water partition coefficient (Wildman–Crippen LogP) is 3.31. The highest BCUT2D eigenvalue weighted by atomic mass is 32.2. The van der Waals surface area contributed by atoms with E-state index in [1.165, 1.54) is 23.5 Å². The Kier molecular flexibility index (Phi) is 7.77. The van der Waals surface area contributed by atoms with Gasteiger partial charge in [-0.05, 0) is 47.9 Å². The van der Waals surface area contributed by atoms with Crippen LogP contribution in [-0.2, 0) is 4.79 Å². The van der Waals surface area contributed by atoms with Crippen molar-refractivity contribution in [1.29, 1.82) is 0 Å². The van der Waals surface area contributed by atoms with Crippen LogP contribution in [0.25, 0.3) is 0 Å². The lowest BCUT2D eigenvalue weighted by molar-refractivity contribution is -0.120. The molecule has 0 bridgehead atoms. The van der Waals surface area contributed by atoms with Gasteiger partial charge in [0.1, 0.15) is 5.82 Å². The molecule has 0 saturated carbocycles. The maximum absolute atomic E-state index is 12.8. The van der Waals surface area contributed by atoms with Gasteiger partial charge in [-0.3, -0.25) is 9.59 Å². The van der Waals surface area contributed by atoms with Crippen molar-refractivity contribution >= 4 is 34.9 Å². The van der Waals surface area contributed by atoms with Crippen LogP contribution in [-0.4, -0.2) is 30.7 Å². The van der Waals surface area contributed by atoms with Crippen molar-refractivity contribution in [1.82, 2.24) is 10.6 Å². The molecule has 1 heterocycles. The Morgan fingerprint density at radius 3 is 2.58 bits per heavy atom. The molecule has 0 radical (unpaired) electrons. The third kappa shape index (κ3) is 6.72. The molecule has 2 amide bonds. The minimum atomic E-state index is -0.238. The fraction of sp³-hybridized carbons (Fsp3) is 0.294. The molecule has 1 aromatic carbocycles. The molecule has 1 aromatic heterocycles. The monoisotopic (exact) mass is 366 g/mol. The van der Waals surface area contributed by atoms with E-state index in [2.05, 4.69) is 10.6 Å². The molecule has 0 saturated heterocycles. The Bertz CT molecular complexity index is 645. The minimum absolute atomic E-state index is 0.0757. The summed E-state index contributed by atoms with van der Waals surface area (Å²) in [5.41, 5.74) is 0. The predicted molar refractivity (Wildman–Crippen MR) is 96.0 cm³/mol. The minimum Gasteiger partial charge on any atom is -0.356 e. The number of amides is 2. The zero-order chi connectivity index (χ0) is 17.2. The molecule has 2 N–H and O–H groups in total. The first-order chi connectivity index (χ1) is 11.6. The number of nitrogens with one attached hydrogen (secondary N) is 2. The summed E-state index contributed by atoms with van der Waals surface area (Å²) in [6.07, 6.45) is 1.09. The van der Waals surface area contributed by atoms with Gasteiger partial charge in [0.15, 0.2) is 0 Å². The Morgan fingerprint density at radius 2 is 1.88 bits per heavy atom. The summed E-state index contributed by atoms with van der Waals surface area (Å²) in [4.78, 5) is 25.0. The number of carbonyl (C=O) groups excluding carboxylic acids is 2. The third-order valence-electron chi connectivity index (χ3n) is 3.11.